The second-order valence-corrected chi connectivity index (χ2v) is 6.28. The molecule has 0 saturated carbocycles. The van der Waals surface area contributed by atoms with Gasteiger partial charge >= 0.3 is 0 Å². The maximum absolute atomic E-state index is 10.0. The number of likely N-dealkylation sites (N-methyl/N-ethyl adjacent to an activating group) is 1. The molecule has 2 aliphatic rings. The Bertz CT molecular complexity index is 454. The standard InChI is InChI=1S/C17H26N2O/c1-18(12-13-19-10-2-3-11-19)16-8-4-7-15-14(16)6-5-9-17(15)20/h5-6,9,16,20H,2-4,7-8,10-13H2,1H3. The lowest BCUT2D eigenvalue weighted by Gasteiger charge is -2.34. The van der Waals surface area contributed by atoms with E-state index in [2.05, 4.69) is 22.9 Å². The quantitative estimate of drug-likeness (QED) is 0.914. The Morgan fingerprint density at radius 1 is 1.25 bits per heavy atom. The molecule has 0 amide bonds. The van der Waals surface area contributed by atoms with Crippen molar-refractivity contribution in [1.29, 1.82) is 0 Å². The van der Waals surface area contributed by atoms with Gasteiger partial charge in [-0.05, 0) is 69.4 Å². The Morgan fingerprint density at radius 2 is 2.05 bits per heavy atom. The van der Waals surface area contributed by atoms with Gasteiger partial charge in [0.05, 0.1) is 0 Å². The number of nitrogens with zero attached hydrogens (tertiary/aromatic N) is 2. The summed E-state index contributed by atoms with van der Waals surface area (Å²) in [5.74, 6) is 0.486. The smallest absolute Gasteiger partial charge is 0.119 e. The van der Waals surface area contributed by atoms with Gasteiger partial charge in [0.1, 0.15) is 5.75 Å². The molecule has 1 aromatic carbocycles. The van der Waals surface area contributed by atoms with Crippen molar-refractivity contribution < 1.29 is 5.11 Å². The topological polar surface area (TPSA) is 26.7 Å². The summed E-state index contributed by atoms with van der Waals surface area (Å²) in [7, 11) is 2.24. The van der Waals surface area contributed by atoms with Crippen LogP contribution in [0.5, 0.6) is 5.75 Å². The van der Waals surface area contributed by atoms with E-state index in [1.165, 1.54) is 56.4 Å². The Labute approximate surface area is 122 Å². The summed E-state index contributed by atoms with van der Waals surface area (Å²) in [5, 5.41) is 10.0. The van der Waals surface area contributed by atoms with E-state index in [1.54, 1.807) is 0 Å². The van der Waals surface area contributed by atoms with Crippen molar-refractivity contribution in [3.8, 4) is 5.75 Å². The van der Waals surface area contributed by atoms with Crippen LogP contribution >= 0.6 is 0 Å². The number of rotatable bonds is 4. The minimum Gasteiger partial charge on any atom is -0.508 e. The minimum absolute atomic E-state index is 0.480. The second kappa shape index (κ2) is 6.15. The van der Waals surface area contributed by atoms with E-state index >= 15 is 0 Å². The molecule has 20 heavy (non-hydrogen) atoms. The van der Waals surface area contributed by atoms with Gasteiger partial charge in [0.2, 0.25) is 0 Å². The van der Waals surface area contributed by atoms with Crippen molar-refractivity contribution in [2.24, 2.45) is 0 Å². The Hall–Kier alpha value is -1.06. The highest BCUT2D eigenvalue weighted by Gasteiger charge is 2.25. The summed E-state index contributed by atoms with van der Waals surface area (Å²) in [6, 6.07) is 6.49. The molecule has 1 atom stereocenters. The van der Waals surface area contributed by atoms with Gasteiger partial charge in [-0.1, -0.05) is 12.1 Å². The van der Waals surface area contributed by atoms with Gasteiger partial charge in [-0.2, -0.15) is 0 Å². The molecule has 0 radical (unpaired) electrons. The van der Waals surface area contributed by atoms with Crippen molar-refractivity contribution in [3.63, 3.8) is 0 Å². The maximum Gasteiger partial charge on any atom is 0.119 e. The highest BCUT2D eigenvalue weighted by molar-refractivity contribution is 5.42. The first kappa shape index (κ1) is 13.9. The highest BCUT2D eigenvalue weighted by Crippen LogP contribution is 2.37. The van der Waals surface area contributed by atoms with Crippen LogP contribution in [0.2, 0.25) is 0 Å². The first-order valence-corrected chi connectivity index (χ1v) is 7.99. The Kier molecular flexibility index (Phi) is 4.27. The molecule has 0 spiro atoms. The predicted octanol–water partition coefficient (Wildman–Crippen LogP) is 2.80. The predicted molar refractivity (Wildman–Crippen MR) is 82.1 cm³/mol. The van der Waals surface area contributed by atoms with Crippen LogP contribution < -0.4 is 0 Å². The molecular weight excluding hydrogens is 248 g/mol. The molecule has 0 aromatic heterocycles. The van der Waals surface area contributed by atoms with Crippen LogP contribution in [0.15, 0.2) is 18.2 Å². The summed E-state index contributed by atoms with van der Waals surface area (Å²) < 4.78 is 0. The van der Waals surface area contributed by atoms with Crippen LogP contribution in [-0.4, -0.2) is 48.1 Å². The monoisotopic (exact) mass is 274 g/mol. The van der Waals surface area contributed by atoms with Gasteiger partial charge in [0, 0.05) is 19.1 Å². The van der Waals surface area contributed by atoms with Gasteiger partial charge in [-0.15, -0.1) is 0 Å². The van der Waals surface area contributed by atoms with Crippen LogP contribution in [0, 0.1) is 0 Å². The molecule has 1 aliphatic carbocycles. The van der Waals surface area contributed by atoms with Gasteiger partial charge in [-0.25, -0.2) is 0 Å². The van der Waals surface area contributed by atoms with E-state index in [9.17, 15) is 5.11 Å². The molecule has 1 saturated heterocycles. The first-order valence-electron chi connectivity index (χ1n) is 7.99. The van der Waals surface area contributed by atoms with E-state index in [-0.39, 0.29) is 0 Å². The number of phenolic OH excluding ortho intramolecular Hbond substituents is 1. The van der Waals surface area contributed by atoms with Gasteiger partial charge < -0.3 is 10.0 Å². The number of fused-ring (bicyclic) bond motifs is 1. The zero-order valence-electron chi connectivity index (χ0n) is 12.5. The average Bonchev–Trinajstić information content (AvgIpc) is 2.98. The van der Waals surface area contributed by atoms with E-state index < -0.39 is 0 Å². The molecule has 1 heterocycles. The molecule has 1 aliphatic heterocycles. The molecule has 0 bridgehead atoms. The SMILES string of the molecule is CN(CCN1CCCC1)C1CCCc2c(O)cccc21. The van der Waals surface area contributed by atoms with Crippen molar-refractivity contribution in [2.45, 2.75) is 38.1 Å². The molecule has 3 rings (SSSR count). The molecule has 3 nitrogen and oxygen atoms in total. The van der Waals surface area contributed by atoms with Crippen LogP contribution in [0.4, 0.5) is 0 Å². The fraction of sp³-hybridized carbons (Fsp3) is 0.647. The minimum atomic E-state index is 0.480. The van der Waals surface area contributed by atoms with E-state index in [1.807, 2.05) is 12.1 Å². The first-order chi connectivity index (χ1) is 9.75. The summed E-state index contributed by atoms with van der Waals surface area (Å²) in [6.07, 6.45) is 6.16. The molecular formula is C17H26N2O. The van der Waals surface area contributed by atoms with Gasteiger partial charge in [0.25, 0.3) is 0 Å². The average molecular weight is 274 g/mol. The second-order valence-electron chi connectivity index (χ2n) is 6.28. The van der Waals surface area contributed by atoms with Crippen LogP contribution in [0.25, 0.3) is 0 Å². The fourth-order valence-corrected chi connectivity index (χ4v) is 3.72. The van der Waals surface area contributed by atoms with Gasteiger partial charge in [-0.3, -0.25) is 4.90 Å². The van der Waals surface area contributed by atoms with E-state index in [4.69, 9.17) is 0 Å². The number of hydrogen-bond acceptors (Lipinski definition) is 3. The maximum atomic E-state index is 10.0. The van der Waals surface area contributed by atoms with Crippen molar-refractivity contribution >= 4 is 0 Å². The molecule has 1 N–H and O–H groups in total. The molecule has 3 heteroatoms. The summed E-state index contributed by atoms with van der Waals surface area (Å²) in [4.78, 5) is 5.05. The van der Waals surface area contributed by atoms with Gasteiger partial charge in [0.15, 0.2) is 0 Å². The zero-order chi connectivity index (χ0) is 13.9. The number of hydrogen-bond donors (Lipinski definition) is 1. The fourth-order valence-electron chi connectivity index (χ4n) is 3.72. The van der Waals surface area contributed by atoms with Crippen LogP contribution in [0.1, 0.15) is 42.9 Å². The largest absolute Gasteiger partial charge is 0.508 e. The zero-order valence-corrected chi connectivity index (χ0v) is 12.5. The number of phenols is 1. The summed E-state index contributed by atoms with van der Waals surface area (Å²) in [6.45, 7) is 4.85. The van der Waals surface area contributed by atoms with Crippen molar-refractivity contribution in [1.82, 2.24) is 9.80 Å². The Morgan fingerprint density at radius 3 is 2.85 bits per heavy atom. The molecule has 1 aromatic rings. The van der Waals surface area contributed by atoms with E-state index in [0.29, 0.717) is 11.8 Å². The lowest BCUT2D eigenvalue weighted by atomic mass is 9.86. The number of likely N-dealkylation sites (tertiary alicyclic amines) is 1. The van der Waals surface area contributed by atoms with E-state index in [0.717, 1.165) is 13.0 Å². The number of benzene rings is 1. The van der Waals surface area contributed by atoms with Crippen LogP contribution in [0.3, 0.4) is 0 Å². The lowest BCUT2D eigenvalue weighted by Crippen LogP contribution is -2.35. The number of aromatic hydroxyl groups is 1. The lowest BCUT2D eigenvalue weighted by molar-refractivity contribution is 0.190. The van der Waals surface area contributed by atoms with Crippen LogP contribution in [-0.2, 0) is 6.42 Å². The summed E-state index contributed by atoms with van der Waals surface area (Å²) in [5.41, 5.74) is 2.52. The molecule has 1 fully saturated rings. The van der Waals surface area contributed by atoms with Crippen molar-refractivity contribution in [3.05, 3.63) is 29.3 Å². The third-order valence-corrected chi connectivity index (χ3v) is 4.95. The molecule has 1 unspecified atom stereocenters. The summed E-state index contributed by atoms with van der Waals surface area (Å²) >= 11 is 0. The molecule has 110 valence electrons. The Balaban J connectivity index is 1.66. The highest BCUT2D eigenvalue weighted by atomic mass is 16.3. The third-order valence-electron chi connectivity index (χ3n) is 4.95. The third kappa shape index (κ3) is 2.84. The normalized spacial score (nSPS) is 23.2. The van der Waals surface area contributed by atoms with Crippen molar-refractivity contribution in [2.75, 3.05) is 33.2 Å².